The molecule has 2 N–H and O–H groups in total. The lowest BCUT2D eigenvalue weighted by atomic mass is 9.97. The van der Waals surface area contributed by atoms with Gasteiger partial charge in [-0.1, -0.05) is 13.3 Å². The minimum absolute atomic E-state index is 0.112. The molecule has 7 nitrogen and oxygen atoms in total. The highest BCUT2D eigenvalue weighted by Crippen LogP contribution is 2.14. The fourth-order valence-corrected chi connectivity index (χ4v) is 1.81. The second-order valence-electron chi connectivity index (χ2n) is 4.44. The van der Waals surface area contributed by atoms with Crippen LogP contribution in [0.15, 0.2) is 12.7 Å². The fraction of sp³-hybridized carbons (Fsp3) is 0.667. The molecule has 0 aromatic carbocycles. The van der Waals surface area contributed by atoms with Crippen molar-refractivity contribution in [1.29, 1.82) is 0 Å². The zero-order valence-electron chi connectivity index (χ0n) is 11.1. The van der Waals surface area contributed by atoms with Crippen LogP contribution in [0.2, 0.25) is 0 Å². The molecule has 1 heterocycles. The van der Waals surface area contributed by atoms with Gasteiger partial charge in [0.2, 0.25) is 5.91 Å². The van der Waals surface area contributed by atoms with Gasteiger partial charge >= 0.3 is 5.97 Å². The standard InChI is InChI=1S/C12H20N4O3/c1-2-10(3-4-12(18)19)5-6-14-11(17)7-16-9-13-8-15-16/h8-10H,2-7H2,1H3,(H,14,17)(H,18,19). The first-order valence-corrected chi connectivity index (χ1v) is 6.42. The van der Waals surface area contributed by atoms with Gasteiger partial charge in [-0.3, -0.25) is 9.59 Å². The summed E-state index contributed by atoms with van der Waals surface area (Å²) >= 11 is 0. The molecular weight excluding hydrogens is 248 g/mol. The van der Waals surface area contributed by atoms with Crippen LogP contribution in [-0.4, -0.2) is 38.3 Å². The molecule has 0 spiro atoms. The average Bonchev–Trinajstić information content (AvgIpc) is 2.86. The van der Waals surface area contributed by atoms with Crippen molar-refractivity contribution >= 4 is 11.9 Å². The van der Waals surface area contributed by atoms with Crippen molar-refractivity contribution in [2.45, 2.75) is 39.2 Å². The van der Waals surface area contributed by atoms with Crippen molar-refractivity contribution in [2.75, 3.05) is 6.54 Å². The molecule has 1 atom stereocenters. The van der Waals surface area contributed by atoms with Gasteiger partial charge in [0.15, 0.2) is 0 Å². The Morgan fingerprint density at radius 3 is 2.79 bits per heavy atom. The molecule has 1 unspecified atom stereocenters. The number of aromatic nitrogens is 3. The maximum atomic E-state index is 11.6. The van der Waals surface area contributed by atoms with Gasteiger partial charge in [-0.05, 0) is 18.8 Å². The van der Waals surface area contributed by atoms with Crippen molar-refractivity contribution in [3.8, 4) is 0 Å². The molecule has 0 aliphatic carbocycles. The molecule has 0 saturated carbocycles. The number of carbonyl (C=O) groups is 2. The zero-order chi connectivity index (χ0) is 14.1. The summed E-state index contributed by atoms with van der Waals surface area (Å²) in [7, 11) is 0. The molecule has 1 aromatic rings. The van der Waals surface area contributed by atoms with Crippen LogP contribution in [-0.2, 0) is 16.1 Å². The topological polar surface area (TPSA) is 97.1 Å². The molecule has 1 rings (SSSR count). The summed E-state index contributed by atoms with van der Waals surface area (Å²) in [6.45, 7) is 2.75. The highest BCUT2D eigenvalue weighted by Gasteiger charge is 2.10. The van der Waals surface area contributed by atoms with Gasteiger partial charge in [-0.2, -0.15) is 5.10 Å². The van der Waals surface area contributed by atoms with Crippen LogP contribution < -0.4 is 5.32 Å². The third-order valence-corrected chi connectivity index (χ3v) is 2.99. The van der Waals surface area contributed by atoms with Crippen LogP contribution in [0.4, 0.5) is 0 Å². The molecule has 1 aromatic heterocycles. The Morgan fingerprint density at radius 1 is 1.42 bits per heavy atom. The number of rotatable bonds is 9. The molecular formula is C12H20N4O3. The lowest BCUT2D eigenvalue weighted by Crippen LogP contribution is -2.29. The van der Waals surface area contributed by atoms with Crippen LogP contribution >= 0.6 is 0 Å². The van der Waals surface area contributed by atoms with E-state index in [0.717, 1.165) is 12.8 Å². The molecule has 7 heteroatoms. The fourth-order valence-electron chi connectivity index (χ4n) is 1.81. The van der Waals surface area contributed by atoms with Gasteiger partial charge in [0.05, 0.1) is 0 Å². The number of carboxylic acids is 1. The van der Waals surface area contributed by atoms with Crippen LogP contribution in [0.3, 0.4) is 0 Å². The number of amides is 1. The van der Waals surface area contributed by atoms with E-state index in [1.807, 2.05) is 6.92 Å². The van der Waals surface area contributed by atoms with Crippen molar-refractivity contribution in [1.82, 2.24) is 20.1 Å². The zero-order valence-corrected chi connectivity index (χ0v) is 11.1. The number of hydrogen-bond acceptors (Lipinski definition) is 4. The maximum absolute atomic E-state index is 11.6. The van der Waals surface area contributed by atoms with E-state index in [4.69, 9.17) is 5.11 Å². The molecule has 0 aliphatic rings. The van der Waals surface area contributed by atoms with Crippen LogP contribution in [0.25, 0.3) is 0 Å². The molecule has 1 amide bonds. The molecule has 0 radical (unpaired) electrons. The largest absolute Gasteiger partial charge is 0.481 e. The highest BCUT2D eigenvalue weighted by atomic mass is 16.4. The molecule has 0 fully saturated rings. The molecule has 0 bridgehead atoms. The molecule has 19 heavy (non-hydrogen) atoms. The number of hydrogen-bond donors (Lipinski definition) is 2. The molecule has 0 aliphatic heterocycles. The maximum Gasteiger partial charge on any atom is 0.303 e. The Balaban J connectivity index is 2.17. The SMILES string of the molecule is CCC(CCNC(=O)Cn1cncn1)CCC(=O)O. The first-order valence-electron chi connectivity index (χ1n) is 6.42. The predicted molar refractivity (Wildman–Crippen MR) is 68.3 cm³/mol. The quantitative estimate of drug-likeness (QED) is 0.686. The normalized spacial score (nSPS) is 12.1. The third-order valence-electron chi connectivity index (χ3n) is 2.99. The Morgan fingerprint density at radius 2 is 2.21 bits per heavy atom. The Hall–Kier alpha value is -1.92. The van der Waals surface area contributed by atoms with E-state index in [2.05, 4.69) is 15.4 Å². The first kappa shape index (κ1) is 15.1. The number of nitrogens with zero attached hydrogens (tertiary/aromatic N) is 3. The van der Waals surface area contributed by atoms with Gasteiger partial charge in [0.1, 0.15) is 19.2 Å². The van der Waals surface area contributed by atoms with Gasteiger partial charge in [-0.25, -0.2) is 9.67 Å². The lowest BCUT2D eigenvalue weighted by molar-refractivity contribution is -0.137. The smallest absolute Gasteiger partial charge is 0.303 e. The number of aliphatic carboxylic acids is 1. The number of carboxylic acid groups (broad SMARTS) is 1. The second kappa shape index (κ2) is 8.23. The minimum Gasteiger partial charge on any atom is -0.481 e. The van der Waals surface area contributed by atoms with E-state index in [1.165, 1.54) is 17.3 Å². The second-order valence-corrected chi connectivity index (χ2v) is 4.44. The van der Waals surface area contributed by atoms with Gasteiger partial charge in [-0.15, -0.1) is 0 Å². The van der Waals surface area contributed by atoms with E-state index in [0.29, 0.717) is 18.9 Å². The first-order chi connectivity index (χ1) is 9.11. The van der Waals surface area contributed by atoms with Crippen LogP contribution in [0, 0.1) is 5.92 Å². The van der Waals surface area contributed by atoms with E-state index in [9.17, 15) is 9.59 Å². The van der Waals surface area contributed by atoms with Crippen molar-refractivity contribution in [2.24, 2.45) is 5.92 Å². The average molecular weight is 268 g/mol. The third kappa shape index (κ3) is 6.54. The molecule has 106 valence electrons. The number of carbonyl (C=O) groups excluding carboxylic acids is 1. The Labute approximate surface area is 112 Å². The number of nitrogens with one attached hydrogen (secondary N) is 1. The van der Waals surface area contributed by atoms with Crippen molar-refractivity contribution in [3.63, 3.8) is 0 Å². The Kier molecular flexibility index (Phi) is 6.56. The van der Waals surface area contributed by atoms with E-state index in [1.54, 1.807) is 0 Å². The monoisotopic (exact) mass is 268 g/mol. The van der Waals surface area contributed by atoms with Gasteiger partial charge in [0, 0.05) is 13.0 Å². The summed E-state index contributed by atoms with van der Waals surface area (Å²) in [5.74, 6) is -0.546. The van der Waals surface area contributed by atoms with E-state index < -0.39 is 5.97 Å². The summed E-state index contributed by atoms with van der Waals surface area (Å²) < 4.78 is 1.46. The van der Waals surface area contributed by atoms with Crippen molar-refractivity contribution < 1.29 is 14.7 Å². The van der Waals surface area contributed by atoms with Gasteiger partial charge < -0.3 is 10.4 Å². The summed E-state index contributed by atoms with van der Waals surface area (Å²) in [6, 6.07) is 0. The summed E-state index contributed by atoms with van der Waals surface area (Å²) in [5.41, 5.74) is 0. The lowest BCUT2D eigenvalue weighted by Gasteiger charge is -2.13. The van der Waals surface area contributed by atoms with Crippen LogP contribution in [0.1, 0.15) is 32.6 Å². The van der Waals surface area contributed by atoms with E-state index >= 15 is 0 Å². The summed E-state index contributed by atoms with van der Waals surface area (Å²) in [6.07, 6.45) is 5.43. The highest BCUT2D eigenvalue weighted by molar-refractivity contribution is 5.75. The molecule has 0 saturated heterocycles. The summed E-state index contributed by atoms with van der Waals surface area (Å²) in [4.78, 5) is 25.8. The minimum atomic E-state index is -0.770. The Bertz CT molecular complexity index is 392. The van der Waals surface area contributed by atoms with Gasteiger partial charge in [0.25, 0.3) is 0 Å². The predicted octanol–water partition coefficient (Wildman–Crippen LogP) is 0.675. The van der Waals surface area contributed by atoms with Crippen molar-refractivity contribution in [3.05, 3.63) is 12.7 Å². The van der Waals surface area contributed by atoms with E-state index in [-0.39, 0.29) is 18.9 Å². The summed E-state index contributed by atoms with van der Waals surface area (Å²) in [5, 5.41) is 15.3. The van der Waals surface area contributed by atoms with Crippen LogP contribution in [0.5, 0.6) is 0 Å².